The van der Waals surface area contributed by atoms with Crippen molar-refractivity contribution in [2.45, 2.75) is 17.5 Å². The Labute approximate surface area is 235 Å². The molecule has 4 aromatic rings. The van der Waals surface area contributed by atoms with Gasteiger partial charge in [0.05, 0.1) is 9.58 Å². The second kappa shape index (κ2) is 9.98. The van der Waals surface area contributed by atoms with Gasteiger partial charge in [0.25, 0.3) is 0 Å². The summed E-state index contributed by atoms with van der Waals surface area (Å²) in [4.78, 5) is 28.2. The van der Waals surface area contributed by atoms with Gasteiger partial charge in [-0.3, -0.25) is 14.5 Å². The lowest BCUT2D eigenvalue weighted by Gasteiger charge is -2.49. The van der Waals surface area contributed by atoms with Crippen molar-refractivity contribution >= 4 is 84.2 Å². The van der Waals surface area contributed by atoms with E-state index in [9.17, 15) is 9.59 Å². The number of ether oxygens (including phenoxy) is 1. The molecule has 0 saturated carbocycles. The van der Waals surface area contributed by atoms with Crippen LogP contribution in [0.4, 0.5) is 0 Å². The first kappa shape index (κ1) is 24.8. The van der Waals surface area contributed by atoms with Crippen LogP contribution in [0, 0.1) is 0 Å². The summed E-state index contributed by atoms with van der Waals surface area (Å²) >= 11 is 16.9. The predicted octanol–water partition coefficient (Wildman–Crippen LogP) is 6.06. The summed E-state index contributed by atoms with van der Waals surface area (Å²) in [5.74, 6) is 0.264. The number of carbonyl (C=O) groups excluding carboxylic acids is 1. The normalized spacial score (nSPS) is 19.2. The number of fused-ring (bicyclic) bond motifs is 2. The third-order valence-corrected chi connectivity index (χ3v) is 10.7. The van der Waals surface area contributed by atoms with Crippen molar-refractivity contribution in [2.75, 3.05) is 5.75 Å². The van der Waals surface area contributed by atoms with Crippen LogP contribution in [0.15, 0.2) is 82.6 Å². The van der Waals surface area contributed by atoms with Crippen LogP contribution in [0.2, 0.25) is 5.02 Å². The van der Waals surface area contributed by atoms with Crippen molar-refractivity contribution < 1.29 is 9.53 Å². The molecule has 1 amide bonds. The van der Waals surface area contributed by atoms with Crippen LogP contribution in [-0.4, -0.2) is 33.0 Å². The molecular formula is C27H19ClN2O3S4. The maximum atomic E-state index is 13.0. The summed E-state index contributed by atoms with van der Waals surface area (Å²) in [6, 6.07) is 20.9. The summed E-state index contributed by atoms with van der Waals surface area (Å²) in [5, 5.41) is 1.92. The van der Waals surface area contributed by atoms with Crippen molar-refractivity contribution in [1.82, 2.24) is 4.90 Å². The number of thiocarbonyl (C=S) groups is 1. The molecule has 0 spiro atoms. The summed E-state index contributed by atoms with van der Waals surface area (Å²) in [6.07, 6.45) is -0.490. The molecule has 10 heteroatoms. The Morgan fingerprint density at radius 2 is 1.70 bits per heavy atom. The molecule has 0 bridgehead atoms. The fraction of sp³-hybridized carbons (Fsp3) is 0.148. The van der Waals surface area contributed by atoms with Crippen LogP contribution in [0.25, 0.3) is 15.0 Å². The van der Waals surface area contributed by atoms with Gasteiger partial charge in [0.2, 0.25) is 16.4 Å². The molecule has 4 heterocycles. The van der Waals surface area contributed by atoms with E-state index in [-0.39, 0.29) is 26.8 Å². The quantitative estimate of drug-likeness (QED) is 0.228. The zero-order valence-corrected chi connectivity index (χ0v) is 23.1. The monoisotopic (exact) mass is 582 g/mol. The van der Waals surface area contributed by atoms with E-state index in [1.807, 2.05) is 72.1 Å². The van der Waals surface area contributed by atoms with Gasteiger partial charge >= 0.3 is 0 Å². The van der Waals surface area contributed by atoms with Gasteiger partial charge in [0, 0.05) is 16.0 Å². The Balaban J connectivity index is 1.49. The number of amides is 1. The number of thiophene rings is 1. The van der Waals surface area contributed by atoms with Gasteiger partial charge in [-0.25, -0.2) is 0 Å². The molecule has 2 aromatic heterocycles. The first-order valence-corrected chi connectivity index (χ1v) is 14.9. The molecule has 37 heavy (non-hydrogen) atoms. The van der Waals surface area contributed by atoms with E-state index >= 15 is 0 Å². The minimum Gasteiger partial charge on any atom is -0.469 e. The van der Waals surface area contributed by atoms with Gasteiger partial charge in [0.1, 0.15) is 28.2 Å². The highest BCUT2D eigenvalue weighted by molar-refractivity contribution is 8.00. The molecule has 5 nitrogen and oxygen atoms in total. The van der Waals surface area contributed by atoms with Crippen molar-refractivity contribution in [3.63, 3.8) is 0 Å². The van der Waals surface area contributed by atoms with Gasteiger partial charge in [-0.05, 0) is 34.8 Å². The van der Waals surface area contributed by atoms with E-state index < -0.39 is 12.1 Å². The smallest absolute Gasteiger partial charge is 0.248 e. The van der Waals surface area contributed by atoms with E-state index in [1.165, 1.54) is 34.4 Å². The van der Waals surface area contributed by atoms with Crippen LogP contribution in [-0.2, 0) is 9.53 Å². The average molecular weight is 583 g/mol. The minimum atomic E-state index is -0.614. The second-order valence-corrected chi connectivity index (χ2v) is 12.4. The second-order valence-electron chi connectivity index (χ2n) is 8.56. The Kier molecular flexibility index (Phi) is 6.68. The number of nitrogens with two attached hydrogens (primary N) is 1. The van der Waals surface area contributed by atoms with Gasteiger partial charge < -0.3 is 10.5 Å². The summed E-state index contributed by atoms with van der Waals surface area (Å²) in [6.45, 7) is 0. The Morgan fingerprint density at radius 3 is 2.35 bits per heavy atom. The highest BCUT2D eigenvalue weighted by Crippen LogP contribution is 2.46. The highest BCUT2D eigenvalue weighted by atomic mass is 35.5. The Morgan fingerprint density at radius 1 is 1.05 bits per heavy atom. The standard InChI is InChI=1S/C27H19ClN2O3S4/c28-18-21(31)24-17(11-12-35-24)37-23(18)16-13-36-26-19(29)25(32)30(26)20(16)27(34)33-22(14-7-3-1-4-8-14)15-9-5-2-6-10-15/h1-12,19,22,26H,13,29H2/t19-,26-/m1/s1. The van der Waals surface area contributed by atoms with Crippen LogP contribution >= 0.6 is 58.3 Å². The third kappa shape index (κ3) is 4.24. The van der Waals surface area contributed by atoms with E-state index in [0.717, 1.165) is 15.8 Å². The molecule has 2 atom stereocenters. The van der Waals surface area contributed by atoms with E-state index in [4.69, 9.17) is 34.3 Å². The van der Waals surface area contributed by atoms with E-state index in [0.29, 0.717) is 26.6 Å². The highest BCUT2D eigenvalue weighted by Gasteiger charge is 2.52. The van der Waals surface area contributed by atoms with Crippen LogP contribution in [0.3, 0.4) is 0 Å². The van der Waals surface area contributed by atoms with Crippen molar-refractivity contribution in [3.05, 3.63) is 109 Å². The predicted molar refractivity (Wildman–Crippen MR) is 157 cm³/mol. The molecule has 2 aliphatic heterocycles. The SMILES string of the molecule is N[C@@H]1C(=O)N2C(C(=S)OC(c3ccccc3)c3ccccc3)=C(c3sc4ccsc4c(=O)c3Cl)CS[C@H]12. The van der Waals surface area contributed by atoms with Crippen LogP contribution < -0.4 is 11.2 Å². The van der Waals surface area contributed by atoms with Gasteiger partial charge in [0.15, 0.2) is 0 Å². The molecule has 2 N–H and O–H groups in total. The maximum absolute atomic E-state index is 13.0. The van der Waals surface area contributed by atoms with Gasteiger partial charge in [-0.2, -0.15) is 0 Å². The number of β-lactam (4-membered cyclic amide) rings is 1. The van der Waals surface area contributed by atoms with E-state index in [2.05, 4.69) is 0 Å². The zero-order valence-electron chi connectivity index (χ0n) is 19.1. The van der Waals surface area contributed by atoms with Crippen molar-refractivity contribution in [2.24, 2.45) is 5.73 Å². The molecule has 1 saturated heterocycles. The molecule has 0 unspecified atom stereocenters. The molecule has 0 aliphatic carbocycles. The Hall–Kier alpha value is -2.53. The number of halogens is 1. The number of benzene rings is 2. The molecule has 186 valence electrons. The summed E-state index contributed by atoms with van der Waals surface area (Å²) in [5.41, 5.74) is 8.94. The lowest BCUT2D eigenvalue weighted by molar-refractivity contribution is -0.140. The first-order valence-electron chi connectivity index (χ1n) is 11.4. The molecule has 1 fully saturated rings. The third-order valence-electron chi connectivity index (χ3n) is 6.35. The average Bonchev–Trinajstić information content (AvgIpc) is 3.42. The molecular weight excluding hydrogens is 564 g/mol. The number of nitrogens with zero attached hydrogens (tertiary/aromatic N) is 1. The molecule has 6 rings (SSSR count). The molecule has 0 radical (unpaired) electrons. The van der Waals surface area contributed by atoms with Crippen LogP contribution in [0.1, 0.15) is 22.1 Å². The zero-order chi connectivity index (χ0) is 25.7. The topological polar surface area (TPSA) is 72.6 Å². The van der Waals surface area contributed by atoms with Gasteiger partial charge in [-0.1, -0.05) is 72.3 Å². The number of rotatable bonds is 5. The number of thioether (sulfide) groups is 1. The van der Waals surface area contributed by atoms with E-state index in [1.54, 1.807) is 4.90 Å². The maximum Gasteiger partial charge on any atom is 0.248 e. The lowest BCUT2D eigenvalue weighted by Crippen LogP contribution is -2.68. The number of hydrogen-bond acceptors (Lipinski definition) is 8. The molecule has 2 aliphatic rings. The number of hydrogen-bond donors (Lipinski definition) is 1. The van der Waals surface area contributed by atoms with Crippen LogP contribution in [0.5, 0.6) is 0 Å². The van der Waals surface area contributed by atoms with Gasteiger partial charge in [-0.15, -0.1) is 34.4 Å². The first-order chi connectivity index (χ1) is 18.0. The molecule has 2 aromatic carbocycles. The Bertz CT molecular complexity index is 1580. The number of carbonyl (C=O) groups is 1. The fourth-order valence-electron chi connectivity index (χ4n) is 4.52. The van der Waals surface area contributed by atoms with Crippen molar-refractivity contribution in [3.8, 4) is 0 Å². The van der Waals surface area contributed by atoms with Crippen molar-refractivity contribution in [1.29, 1.82) is 0 Å². The largest absolute Gasteiger partial charge is 0.469 e. The fourth-order valence-corrected chi connectivity index (χ4v) is 8.72. The lowest BCUT2D eigenvalue weighted by atomic mass is 10.0. The minimum absolute atomic E-state index is 0.134. The summed E-state index contributed by atoms with van der Waals surface area (Å²) in [7, 11) is 0. The summed E-state index contributed by atoms with van der Waals surface area (Å²) < 4.78 is 7.97.